The molecule has 0 saturated heterocycles. The second-order valence-electron chi connectivity index (χ2n) is 4.22. The zero-order chi connectivity index (χ0) is 11.6. The Kier molecular flexibility index (Phi) is 6.66. The molecule has 0 radical (unpaired) electrons. The van der Waals surface area contributed by atoms with Crippen LogP contribution in [0.4, 0.5) is 0 Å². The Morgan fingerprint density at radius 1 is 1.44 bits per heavy atom. The minimum absolute atomic E-state index is 0.604. The summed E-state index contributed by atoms with van der Waals surface area (Å²) >= 11 is 0. The van der Waals surface area contributed by atoms with E-state index < -0.39 is 0 Å². The average molecular weight is 221 g/mol. The van der Waals surface area contributed by atoms with Crippen molar-refractivity contribution in [3.63, 3.8) is 0 Å². The van der Waals surface area contributed by atoms with Crippen LogP contribution in [0.5, 0.6) is 0 Å². The molecular weight excluding hydrogens is 198 g/mol. The molecule has 0 aromatic carbocycles. The highest BCUT2D eigenvalue weighted by molar-refractivity contribution is 5.42. The Labute approximate surface area is 98.7 Å². The highest BCUT2D eigenvalue weighted by Crippen LogP contribution is 2.03. The molecule has 0 aliphatic heterocycles. The van der Waals surface area contributed by atoms with E-state index in [2.05, 4.69) is 25.2 Å². The van der Waals surface area contributed by atoms with Crippen molar-refractivity contribution < 1.29 is 4.42 Å². The predicted octanol–water partition coefficient (Wildman–Crippen LogP) is 3.85. The molecule has 2 nitrogen and oxygen atoms in total. The average Bonchev–Trinajstić information content (AvgIpc) is 2.78. The van der Waals surface area contributed by atoms with Crippen LogP contribution in [0.15, 0.2) is 28.9 Å². The number of nitrogens with one attached hydrogen (secondary N) is 1. The van der Waals surface area contributed by atoms with Crippen LogP contribution >= 0.6 is 0 Å². The van der Waals surface area contributed by atoms with E-state index in [4.69, 9.17) is 4.42 Å². The monoisotopic (exact) mass is 221 g/mol. The van der Waals surface area contributed by atoms with Crippen LogP contribution in [0.1, 0.15) is 45.3 Å². The van der Waals surface area contributed by atoms with Gasteiger partial charge >= 0.3 is 0 Å². The van der Waals surface area contributed by atoms with Gasteiger partial charge in [0.15, 0.2) is 0 Å². The fourth-order valence-electron chi connectivity index (χ4n) is 1.63. The normalized spacial score (nSPS) is 13.4. The van der Waals surface area contributed by atoms with E-state index in [1.165, 1.54) is 25.7 Å². The van der Waals surface area contributed by atoms with Gasteiger partial charge in [-0.1, -0.05) is 32.3 Å². The van der Waals surface area contributed by atoms with Gasteiger partial charge in [-0.3, -0.25) is 0 Å². The number of furan rings is 1. The van der Waals surface area contributed by atoms with E-state index in [9.17, 15) is 0 Å². The molecular formula is C14H23NO. The topological polar surface area (TPSA) is 25.2 Å². The van der Waals surface area contributed by atoms with Gasteiger partial charge in [-0.15, -0.1) is 0 Å². The molecule has 1 aromatic rings. The molecule has 0 amide bonds. The summed E-state index contributed by atoms with van der Waals surface area (Å²) in [5.74, 6) is 0.917. The van der Waals surface area contributed by atoms with Crippen molar-refractivity contribution in [3.8, 4) is 0 Å². The summed E-state index contributed by atoms with van der Waals surface area (Å²) in [4.78, 5) is 0. The summed E-state index contributed by atoms with van der Waals surface area (Å²) in [6.45, 7) is 5.40. The van der Waals surface area contributed by atoms with Gasteiger partial charge in [0.2, 0.25) is 0 Å². The molecule has 0 aliphatic carbocycles. The van der Waals surface area contributed by atoms with E-state index in [1.54, 1.807) is 6.26 Å². The van der Waals surface area contributed by atoms with Gasteiger partial charge in [0.25, 0.3) is 0 Å². The first-order chi connectivity index (χ1) is 7.83. The molecule has 16 heavy (non-hydrogen) atoms. The van der Waals surface area contributed by atoms with Crippen LogP contribution < -0.4 is 5.32 Å². The van der Waals surface area contributed by atoms with Crippen LogP contribution in [0.25, 0.3) is 6.08 Å². The van der Waals surface area contributed by atoms with Crippen LogP contribution in [0.2, 0.25) is 0 Å². The van der Waals surface area contributed by atoms with E-state index in [1.807, 2.05) is 18.2 Å². The van der Waals surface area contributed by atoms with Gasteiger partial charge in [-0.05, 0) is 31.6 Å². The molecule has 2 heteroatoms. The van der Waals surface area contributed by atoms with E-state index in [0.717, 1.165) is 12.3 Å². The van der Waals surface area contributed by atoms with Gasteiger partial charge in [0.1, 0.15) is 5.76 Å². The second-order valence-corrected chi connectivity index (χ2v) is 4.22. The lowest BCUT2D eigenvalue weighted by Crippen LogP contribution is -2.25. The highest BCUT2D eigenvalue weighted by Gasteiger charge is 1.98. The standard InChI is InChI=1S/C14H23NO/c1-3-4-5-8-13(2)15-11-6-9-14-10-7-12-16-14/h6-7,9-10,12-13,15H,3-5,8,11H2,1-2H3/b9-6+. The Balaban J connectivity index is 2.06. The minimum Gasteiger partial charge on any atom is -0.465 e. The van der Waals surface area contributed by atoms with E-state index >= 15 is 0 Å². The maximum absolute atomic E-state index is 5.21. The molecule has 1 heterocycles. The Morgan fingerprint density at radius 2 is 2.31 bits per heavy atom. The van der Waals surface area contributed by atoms with Crippen molar-refractivity contribution in [2.24, 2.45) is 0 Å². The molecule has 1 unspecified atom stereocenters. The van der Waals surface area contributed by atoms with Gasteiger partial charge in [-0.25, -0.2) is 0 Å². The summed E-state index contributed by atoms with van der Waals surface area (Å²) in [5, 5.41) is 3.48. The summed E-state index contributed by atoms with van der Waals surface area (Å²) in [6, 6.07) is 4.47. The zero-order valence-electron chi connectivity index (χ0n) is 10.4. The Bertz CT molecular complexity index is 277. The van der Waals surface area contributed by atoms with E-state index in [-0.39, 0.29) is 0 Å². The molecule has 1 aromatic heterocycles. The van der Waals surface area contributed by atoms with Gasteiger partial charge < -0.3 is 9.73 Å². The molecule has 0 saturated carbocycles. The highest BCUT2D eigenvalue weighted by atomic mass is 16.3. The largest absolute Gasteiger partial charge is 0.465 e. The molecule has 1 N–H and O–H groups in total. The zero-order valence-corrected chi connectivity index (χ0v) is 10.4. The molecule has 0 bridgehead atoms. The molecule has 0 fully saturated rings. The molecule has 1 rings (SSSR count). The Hall–Kier alpha value is -1.02. The second kappa shape index (κ2) is 8.17. The summed E-state index contributed by atoms with van der Waals surface area (Å²) in [5.41, 5.74) is 0. The van der Waals surface area contributed by atoms with Crippen molar-refractivity contribution in [2.75, 3.05) is 6.54 Å². The summed E-state index contributed by atoms with van der Waals surface area (Å²) in [6.07, 6.45) is 11.0. The maximum atomic E-state index is 5.21. The van der Waals surface area contributed by atoms with Crippen molar-refractivity contribution >= 4 is 6.08 Å². The molecule has 0 spiro atoms. The summed E-state index contributed by atoms with van der Waals surface area (Å²) < 4.78 is 5.21. The predicted molar refractivity (Wildman–Crippen MR) is 69.3 cm³/mol. The van der Waals surface area contributed by atoms with Crippen molar-refractivity contribution in [2.45, 2.75) is 45.6 Å². The smallest absolute Gasteiger partial charge is 0.126 e. The maximum Gasteiger partial charge on any atom is 0.126 e. The number of rotatable bonds is 8. The first-order valence-electron chi connectivity index (χ1n) is 6.26. The number of hydrogen-bond acceptors (Lipinski definition) is 2. The van der Waals surface area contributed by atoms with Gasteiger partial charge in [0, 0.05) is 12.6 Å². The fraction of sp³-hybridized carbons (Fsp3) is 0.571. The van der Waals surface area contributed by atoms with Gasteiger partial charge in [-0.2, -0.15) is 0 Å². The van der Waals surface area contributed by atoms with E-state index in [0.29, 0.717) is 6.04 Å². The third-order valence-corrected chi connectivity index (χ3v) is 2.65. The van der Waals surface area contributed by atoms with Crippen LogP contribution in [-0.4, -0.2) is 12.6 Å². The molecule has 90 valence electrons. The SMILES string of the molecule is CCCCCC(C)NC/C=C/c1ccco1. The molecule has 1 atom stereocenters. The third kappa shape index (κ3) is 5.76. The lowest BCUT2D eigenvalue weighted by Gasteiger charge is -2.11. The first-order valence-corrected chi connectivity index (χ1v) is 6.26. The number of hydrogen-bond donors (Lipinski definition) is 1. The third-order valence-electron chi connectivity index (χ3n) is 2.65. The van der Waals surface area contributed by atoms with Crippen LogP contribution in [0.3, 0.4) is 0 Å². The van der Waals surface area contributed by atoms with Crippen molar-refractivity contribution in [1.82, 2.24) is 5.32 Å². The lowest BCUT2D eigenvalue weighted by molar-refractivity contribution is 0.509. The lowest BCUT2D eigenvalue weighted by atomic mass is 10.1. The van der Waals surface area contributed by atoms with Crippen molar-refractivity contribution in [1.29, 1.82) is 0 Å². The number of unbranched alkanes of at least 4 members (excludes halogenated alkanes) is 2. The van der Waals surface area contributed by atoms with Gasteiger partial charge in [0.05, 0.1) is 6.26 Å². The van der Waals surface area contributed by atoms with Crippen molar-refractivity contribution in [3.05, 3.63) is 30.2 Å². The quantitative estimate of drug-likeness (QED) is 0.674. The van der Waals surface area contributed by atoms with Crippen LogP contribution in [-0.2, 0) is 0 Å². The minimum atomic E-state index is 0.604. The van der Waals surface area contributed by atoms with Crippen LogP contribution in [0, 0.1) is 0 Å². The first kappa shape index (κ1) is 13.0. The molecule has 0 aliphatic rings. The fourth-order valence-corrected chi connectivity index (χ4v) is 1.63. The Morgan fingerprint density at radius 3 is 3.00 bits per heavy atom. The summed E-state index contributed by atoms with van der Waals surface area (Å²) in [7, 11) is 0.